The SMILES string of the molecule is CC[C@H](C)[C@H](N[C@H]1CC[C@@]2(OC)[C@H]3Cc4ccc(O)c5c4[C@@]2(CCN3CC2CC2)[C@H]1O5)C(=O)OC(C)(C)C. The Morgan fingerprint density at radius 2 is 2.03 bits per heavy atom. The molecule has 6 rings (SSSR count). The van der Waals surface area contributed by atoms with Gasteiger partial charge in [0, 0.05) is 31.3 Å². The third-order valence-corrected chi connectivity index (χ3v) is 10.4. The molecule has 0 aromatic heterocycles. The summed E-state index contributed by atoms with van der Waals surface area (Å²) in [4.78, 5) is 16.1. The summed E-state index contributed by atoms with van der Waals surface area (Å²) < 4.78 is 19.4. The molecular weight excluding hydrogens is 480 g/mol. The van der Waals surface area contributed by atoms with E-state index in [-0.39, 0.29) is 46.8 Å². The van der Waals surface area contributed by atoms with Crippen molar-refractivity contribution in [2.24, 2.45) is 11.8 Å². The molecule has 3 aliphatic carbocycles. The monoisotopic (exact) mass is 526 g/mol. The highest BCUT2D eigenvalue weighted by atomic mass is 16.6. The van der Waals surface area contributed by atoms with Crippen molar-refractivity contribution in [2.75, 3.05) is 20.2 Å². The number of aromatic hydroxyl groups is 1. The molecule has 0 radical (unpaired) electrons. The van der Waals surface area contributed by atoms with E-state index < -0.39 is 11.6 Å². The van der Waals surface area contributed by atoms with Crippen molar-refractivity contribution >= 4 is 5.97 Å². The molecule has 2 aliphatic heterocycles. The summed E-state index contributed by atoms with van der Waals surface area (Å²) >= 11 is 0. The Balaban J connectivity index is 1.40. The molecule has 3 fully saturated rings. The minimum Gasteiger partial charge on any atom is -0.504 e. The third-order valence-electron chi connectivity index (χ3n) is 10.4. The minimum atomic E-state index is -0.549. The lowest BCUT2D eigenvalue weighted by atomic mass is 9.48. The molecule has 7 atom stereocenters. The standard InChI is InChI=1S/C31H46N2O5/c1-7-18(2)25(28(35)38-29(3,4)5)32-21-12-13-31(36-6)23-16-20-10-11-22(34)26-24(20)30(31,27(21)37-26)14-15-33(23)17-19-8-9-19/h10-11,18-19,21,23,25,27,32,34H,7-9,12-17H2,1-6H3/t18-,21-,23+,25-,27-,30-,31+/m0/s1. The first-order valence-corrected chi connectivity index (χ1v) is 14.8. The molecule has 1 saturated heterocycles. The number of hydrogen-bond donors (Lipinski definition) is 2. The van der Waals surface area contributed by atoms with Gasteiger partial charge in [0.2, 0.25) is 0 Å². The van der Waals surface area contributed by atoms with Crippen LogP contribution < -0.4 is 10.1 Å². The van der Waals surface area contributed by atoms with Crippen LogP contribution in [0.4, 0.5) is 0 Å². The Hall–Kier alpha value is -1.83. The Bertz CT molecular complexity index is 1100. The number of methoxy groups -OCH3 is 1. The molecule has 7 nitrogen and oxygen atoms in total. The number of nitrogens with one attached hydrogen (secondary N) is 1. The van der Waals surface area contributed by atoms with Gasteiger partial charge in [-0.25, -0.2) is 0 Å². The number of likely N-dealkylation sites (tertiary alicyclic amines) is 1. The van der Waals surface area contributed by atoms with E-state index >= 15 is 0 Å². The summed E-state index contributed by atoms with van der Waals surface area (Å²) in [5.74, 6) is 1.57. The summed E-state index contributed by atoms with van der Waals surface area (Å²) in [5, 5.41) is 14.7. The topological polar surface area (TPSA) is 80.3 Å². The summed E-state index contributed by atoms with van der Waals surface area (Å²) in [6.07, 6.45) is 6.90. The molecule has 5 aliphatic rings. The van der Waals surface area contributed by atoms with Crippen LogP contribution in [-0.4, -0.2) is 71.6 Å². The van der Waals surface area contributed by atoms with Gasteiger partial charge in [-0.05, 0) is 89.3 Å². The Morgan fingerprint density at radius 3 is 2.68 bits per heavy atom. The molecule has 38 heavy (non-hydrogen) atoms. The van der Waals surface area contributed by atoms with Crippen molar-refractivity contribution in [3.8, 4) is 11.5 Å². The fourth-order valence-electron chi connectivity index (χ4n) is 8.34. The van der Waals surface area contributed by atoms with Gasteiger partial charge in [-0.1, -0.05) is 26.3 Å². The zero-order valence-corrected chi connectivity index (χ0v) is 24.0. The van der Waals surface area contributed by atoms with Gasteiger partial charge >= 0.3 is 5.97 Å². The van der Waals surface area contributed by atoms with E-state index in [1.807, 2.05) is 27.9 Å². The number of phenolic OH excluding ortho intramolecular Hbond substituents is 1. The fraction of sp³-hybridized carbons (Fsp3) is 0.774. The number of benzene rings is 1. The van der Waals surface area contributed by atoms with Crippen LogP contribution in [0.2, 0.25) is 0 Å². The van der Waals surface area contributed by atoms with E-state index in [0.29, 0.717) is 5.75 Å². The maximum Gasteiger partial charge on any atom is 0.323 e. The number of esters is 1. The van der Waals surface area contributed by atoms with E-state index in [4.69, 9.17) is 14.2 Å². The van der Waals surface area contributed by atoms with E-state index in [1.165, 1.54) is 18.4 Å². The van der Waals surface area contributed by atoms with Crippen LogP contribution in [0.15, 0.2) is 12.1 Å². The van der Waals surface area contributed by atoms with Crippen molar-refractivity contribution in [1.82, 2.24) is 10.2 Å². The zero-order valence-electron chi connectivity index (χ0n) is 24.0. The number of carbonyl (C=O) groups is 1. The van der Waals surface area contributed by atoms with Gasteiger partial charge in [0.15, 0.2) is 11.5 Å². The number of carbonyl (C=O) groups excluding carboxylic acids is 1. The maximum atomic E-state index is 13.4. The second-order valence-corrected chi connectivity index (χ2v) is 13.7. The van der Waals surface area contributed by atoms with Gasteiger partial charge in [0.05, 0.1) is 11.0 Å². The number of nitrogens with zero attached hydrogens (tertiary/aromatic N) is 1. The summed E-state index contributed by atoms with van der Waals surface area (Å²) in [5.41, 5.74) is 1.15. The molecule has 1 aromatic carbocycles. The van der Waals surface area contributed by atoms with Crippen molar-refractivity contribution < 1.29 is 24.1 Å². The predicted octanol–water partition coefficient (Wildman–Crippen LogP) is 4.33. The molecule has 1 aromatic rings. The quantitative estimate of drug-likeness (QED) is 0.488. The van der Waals surface area contributed by atoms with Gasteiger partial charge in [-0.3, -0.25) is 15.0 Å². The van der Waals surface area contributed by atoms with E-state index in [1.54, 1.807) is 6.07 Å². The highest BCUT2D eigenvalue weighted by Gasteiger charge is 2.74. The van der Waals surface area contributed by atoms with Crippen molar-refractivity contribution in [1.29, 1.82) is 0 Å². The largest absolute Gasteiger partial charge is 0.504 e. The first-order chi connectivity index (χ1) is 18.0. The first kappa shape index (κ1) is 26.4. The molecule has 2 bridgehead atoms. The second kappa shape index (κ2) is 9.10. The number of rotatable bonds is 8. The Kier molecular flexibility index (Phi) is 6.32. The molecule has 0 unspecified atom stereocenters. The minimum absolute atomic E-state index is 0.0572. The fourth-order valence-corrected chi connectivity index (χ4v) is 8.34. The molecule has 0 amide bonds. The van der Waals surface area contributed by atoms with Crippen LogP contribution in [-0.2, 0) is 26.1 Å². The van der Waals surface area contributed by atoms with Crippen molar-refractivity contribution in [2.45, 2.75) is 120 Å². The van der Waals surface area contributed by atoms with E-state index in [9.17, 15) is 9.90 Å². The second-order valence-electron chi connectivity index (χ2n) is 13.7. The van der Waals surface area contributed by atoms with Crippen LogP contribution in [0.5, 0.6) is 11.5 Å². The summed E-state index contributed by atoms with van der Waals surface area (Å²) in [6.45, 7) is 12.1. The summed E-state index contributed by atoms with van der Waals surface area (Å²) in [7, 11) is 1.88. The smallest absolute Gasteiger partial charge is 0.323 e. The highest BCUT2D eigenvalue weighted by Crippen LogP contribution is 2.66. The molecule has 210 valence electrons. The molecule has 2 heterocycles. The van der Waals surface area contributed by atoms with Gasteiger partial charge < -0.3 is 19.3 Å². The van der Waals surface area contributed by atoms with E-state index in [0.717, 1.165) is 56.7 Å². The van der Waals surface area contributed by atoms with Crippen LogP contribution in [0, 0.1) is 11.8 Å². The average molecular weight is 527 g/mol. The lowest BCUT2D eigenvalue weighted by Crippen LogP contribution is -2.79. The average Bonchev–Trinajstić information content (AvgIpc) is 3.61. The van der Waals surface area contributed by atoms with Crippen molar-refractivity contribution in [3.05, 3.63) is 23.3 Å². The van der Waals surface area contributed by atoms with Crippen LogP contribution in [0.3, 0.4) is 0 Å². The molecular formula is C31H46N2O5. The first-order valence-electron chi connectivity index (χ1n) is 14.8. The van der Waals surface area contributed by atoms with Gasteiger partial charge in [-0.2, -0.15) is 0 Å². The summed E-state index contributed by atoms with van der Waals surface area (Å²) in [6, 6.07) is 3.71. The Labute approximate surface area is 227 Å². The number of ether oxygens (including phenoxy) is 3. The number of hydrogen-bond acceptors (Lipinski definition) is 7. The molecule has 2 saturated carbocycles. The maximum absolute atomic E-state index is 13.4. The van der Waals surface area contributed by atoms with Crippen LogP contribution >= 0.6 is 0 Å². The lowest BCUT2D eigenvalue weighted by Gasteiger charge is -2.66. The van der Waals surface area contributed by atoms with Gasteiger partial charge in [-0.15, -0.1) is 0 Å². The van der Waals surface area contributed by atoms with Crippen LogP contribution in [0.25, 0.3) is 0 Å². The van der Waals surface area contributed by atoms with E-state index in [2.05, 4.69) is 30.1 Å². The third kappa shape index (κ3) is 3.82. The highest BCUT2D eigenvalue weighted by molar-refractivity contribution is 5.76. The molecule has 2 N–H and O–H groups in total. The zero-order chi connectivity index (χ0) is 27.0. The normalized spacial score (nSPS) is 35.3. The molecule has 7 heteroatoms. The van der Waals surface area contributed by atoms with Crippen LogP contribution in [0.1, 0.15) is 84.3 Å². The predicted molar refractivity (Wildman–Crippen MR) is 146 cm³/mol. The van der Waals surface area contributed by atoms with Gasteiger partial charge in [0.25, 0.3) is 0 Å². The molecule has 1 spiro atoms. The van der Waals surface area contributed by atoms with Crippen molar-refractivity contribution in [3.63, 3.8) is 0 Å². The number of piperidine rings is 1. The Morgan fingerprint density at radius 1 is 1.26 bits per heavy atom. The number of phenols is 1. The lowest BCUT2D eigenvalue weighted by molar-refractivity contribution is -0.208. The van der Waals surface area contributed by atoms with Gasteiger partial charge in [0.1, 0.15) is 17.7 Å².